The first-order chi connectivity index (χ1) is 9.22. The first kappa shape index (κ1) is 14.9. The summed E-state index contributed by atoms with van der Waals surface area (Å²) < 4.78 is 4.95. The maximum absolute atomic E-state index is 12.2. The normalized spacial score (nSPS) is 9.74. The Hall–Kier alpha value is -2.20. The van der Waals surface area contributed by atoms with Crippen molar-refractivity contribution in [1.29, 1.82) is 5.26 Å². The minimum Gasteiger partial charge on any atom is -0.383 e. The lowest BCUT2D eigenvalue weighted by molar-refractivity contribution is 0.0693. The lowest BCUT2D eigenvalue weighted by Gasteiger charge is -2.20. The standard InChI is InChI=1S/C12H17N5O2/c1-14-11-9-15-10(8-16-11)12(18)17(5-3-4-13)6-7-19-2/h8-9H,3,5-7H2,1-2H3,(H,14,16). The Kier molecular flexibility index (Phi) is 6.26. The number of ether oxygens (including phenoxy) is 1. The molecule has 1 amide bonds. The smallest absolute Gasteiger partial charge is 0.274 e. The van der Waals surface area contributed by atoms with Crippen LogP contribution in [0.2, 0.25) is 0 Å². The molecule has 1 rings (SSSR count). The van der Waals surface area contributed by atoms with Gasteiger partial charge in [0.25, 0.3) is 5.91 Å². The summed E-state index contributed by atoms with van der Waals surface area (Å²) in [7, 11) is 3.29. The predicted molar refractivity (Wildman–Crippen MR) is 69.6 cm³/mol. The number of methoxy groups -OCH3 is 1. The number of hydrogen-bond acceptors (Lipinski definition) is 6. The Morgan fingerprint density at radius 1 is 1.47 bits per heavy atom. The van der Waals surface area contributed by atoms with Crippen molar-refractivity contribution in [2.75, 3.05) is 39.2 Å². The van der Waals surface area contributed by atoms with Gasteiger partial charge in [-0.2, -0.15) is 5.26 Å². The first-order valence-corrected chi connectivity index (χ1v) is 5.88. The van der Waals surface area contributed by atoms with Crippen molar-refractivity contribution in [1.82, 2.24) is 14.9 Å². The molecule has 19 heavy (non-hydrogen) atoms. The molecular formula is C12H17N5O2. The summed E-state index contributed by atoms with van der Waals surface area (Å²) in [5.41, 5.74) is 0.257. The highest BCUT2D eigenvalue weighted by atomic mass is 16.5. The van der Waals surface area contributed by atoms with Crippen molar-refractivity contribution in [2.45, 2.75) is 6.42 Å². The molecule has 0 aliphatic carbocycles. The zero-order valence-electron chi connectivity index (χ0n) is 11.1. The highest BCUT2D eigenvalue weighted by molar-refractivity contribution is 5.92. The van der Waals surface area contributed by atoms with Crippen LogP contribution in [0.25, 0.3) is 0 Å². The van der Waals surface area contributed by atoms with E-state index in [-0.39, 0.29) is 18.0 Å². The monoisotopic (exact) mass is 263 g/mol. The number of nitriles is 1. The minimum absolute atomic E-state index is 0.248. The van der Waals surface area contributed by atoms with Crippen LogP contribution in [-0.2, 0) is 4.74 Å². The maximum Gasteiger partial charge on any atom is 0.274 e. The lowest BCUT2D eigenvalue weighted by atomic mass is 10.3. The minimum atomic E-state index is -0.248. The number of carbonyl (C=O) groups excluding carboxylic acids is 1. The average molecular weight is 263 g/mol. The zero-order valence-corrected chi connectivity index (χ0v) is 11.1. The second-order valence-corrected chi connectivity index (χ2v) is 3.73. The molecule has 0 atom stereocenters. The van der Waals surface area contributed by atoms with E-state index >= 15 is 0 Å². The van der Waals surface area contributed by atoms with Crippen LogP contribution in [0.1, 0.15) is 16.9 Å². The van der Waals surface area contributed by atoms with Crippen LogP contribution in [0, 0.1) is 11.3 Å². The molecule has 1 N–H and O–H groups in total. The third-order valence-corrected chi connectivity index (χ3v) is 2.47. The third kappa shape index (κ3) is 4.52. The molecule has 102 valence electrons. The molecule has 0 aliphatic heterocycles. The molecule has 7 heteroatoms. The summed E-state index contributed by atoms with van der Waals surface area (Å²) in [5, 5.41) is 11.4. The fraction of sp³-hybridized carbons (Fsp3) is 0.500. The van der Waals surface area contributed by atoms with Crippen LogP contribution >= 0.6 is 0 Å². The van der Waals surface area contributed by atoms with Crippen LogP contribution in [0.15, 0.2) is 12.4 Å². The number of hydrogen-bond donors (Lipinski definition) is 1. The molecule has 0 fully saturated rings. The van der Waals surface area contributed by atoms with E-state index in [1.54, 1.807) is 14.2 Å². The lowest BCUT2D eigenvalue weighted by Crippen LogP contribution is -2.35. The molecule has 0 radical (unpaired) electrons. The number of aromatic nitrogens is 2. The quantitative estimate of drug-likeness (QED) is 0.771. The van der Waals surface area contributed by atoms with Gasteiger partial charge in [0.15, 0.2) is 0 Å². The Morgan fingerprint density at radius 3 is 2.79 bits per heavy atom. The van der Waals surface area contributed by atoms with Crippen LogP contribution < -0.4 is 5.32 Å². The molecule has 0 unspecified atom stereocenters. The van der Waals surface area contributed by atoms with Gasteiger partial charge < -0.3 is 15.0 Å². The number of carbonyl (C=O) groups is 1. The van der Waals surface area contributed by atoms with E-state index in [1.165, 1.54) is 17.3 Å². The van der Waals surface area contributed by atoms with E-state index in [2.05, 4.69) is 15.3 Å². The Morgan fingerprint density at radius 2 is 2.26 bits per heavy atom. The van der Waals surface area contributed by atoms with Gasteiger partial charge in [-0.3, -0.25) is 4.79 Å². The second kappa shape index (κ2) is 8.00. The van der Waals surface area contributed by atoms with Crippen LogP contribution in [-0.4, -0.2) is 54.6 Å². The van der Waals surface area contributed by atoms with Gasteiger partial charge in [0.2, 0.25) is 0 Å². The number of rotatable bonds is 7. The topological polar surface area (TPSA) is 91.1 Å². The molecule has 0 spiro atoms. The number of nitrogens with one attached hydrogen (secondary N) is 1. The van der Waals surface area contributed by atoms with Crippen molar-refractivity contribution in [3.63, 3.8) is 0 Å². The van der Waals surface area contributed by atoms with Crippen LogP contribution in [0.4, 0.5) is 5.82 Å². The Balaban J connectivity index is 2.75. The van der Waals surface area contributed by atoms with Gasteiger partial charge in [0.1, 0.15) is 11.5 Å². The average Bonchev–Trinajstić information content (AvgIpc) is 2.47. The van der Waals surface area contributed by atoms with E-state index in [4.69, 9.17) is 10.00 Å². The second-order valence-electron chi connectivity index (χ2n) is 3.73. The fourth-order valence-corrected chi connectivity index (χ4v) is 1.43. The number of anilines is 1. The number of nitrogens with zero attached hydrogens (tertiary/aromatic N) is 4. The van der Waals surface area contributed by atoms with Gasteiger partial charge in [-0.1, -0.05) is 0 Å². The molecule has 0 aliphatic rings. The Labute approximate surface area is 112 Å². The van der Waals surface area contributed by atoms with Gasteiger partial charge in [0.05, 0.1) is 31.5 Å². The number of amides is 1. The van der Waals surface area contributed by atoms with Crippen LogP contribution in [0.3, 0.4) is 0 Å². The van der Waals surface area contributed by atoms with Gasteiger partial charge in [-0.15, -0.1) is 0 Å². The highest BCUT2D eigenvalue weighted by Gasteiger charge is 2.16. The summed E-state index contributed by atoms with van der Waals surface area (Å²) in [6.07, 6.45) is 3.18. The SMILES string of the molecule is CNc1cnc(C(=O)N(CCC#N)CCOC)cn1. The predicted octanol–water partition coefficient (Wildman–Crippen LogP) is 0.521. The largest absolute Gasteiger partial charge is 0.383 e. The van der Waals surface area contributed by atoms with E-state index in [9.17, 15) is 4.79 Å². The summed E-state index contributed by atoms with van der Waals surface area (Å²) in [5.74, 6) is 0.347. The summed E-state index contributed by atoms with van der Waals surface area (Å²) >= 11 is 0. The maximum atomic E-state index is 12.2. The molecule has 0 saturated carbocycles. The first-order valence-electron chi connectivity index (χ1n) is 5.88. The highest BCUT2D eigenvalue weighted by Crippen LogP contribution is 2.04. The fourth-order valence-electron chi connectivity index (χ4n) is 1.43. The summed E-state index contributed by atoms with van der Waals surface area (Å²) in [4.78, 5) is 21.8. The molecule has 1 heterocycles. The van der Waals surface area contributed by atoms with E-state index in [0.717, 1.165) is 0 Å². The van der Waals surface area contributed by atoms with Crippen molar-refractivity contribution in [2.24, 2.45) is 0 Å². The molecular weight excluding hydrogens is 246 g/mol. The molecule has 0 bridgehead atoms. The van der Waals surface area contributed by atoms with E-state index in [1.807, 2.05) is 6.07 Å². The third-order valence-electron chi connectivity index (χ3n) is 2.47. The van der Waals surface area contributed by atoms with E-state index in [0.29, 0.717) is 25.5 Å². The van der Waals surface area contributed by atoms with Crippen molar-refractivity contribution < 1.29 is 9.53 Å². The van der Waals surface area contributed by atoms with Crippen LogP contribution in [0.5, 0.6) is 0 Å². The summed E-state index contributed by atoms with van der Waals surface area (Å²) in [6, 6.07) is 2.02. The van der Waals surface area contributed by atoms with E-state index < -0.39 is 0 Å². The van der Waals surface area contributed by atoms with Gasteiger partial charge in [-0.25, -0.2) is 9.97 Å². The molecule has 7 nitrogen and oxygen atoms in total. The van der Waals surface area contributed by atoms with Gasteiger partial charge in [0, 0.05) is 27.2 Å². The molecule has 0 aromatic carbocycles. The molecule has 1 aromatic rings. The van der Waals surface area contributed by atoms with Crippen molar-refractivity contribution >= 4 is 11.7 Å². The van der Waals surface area contributed by atoms with Gasteiger partial charge in [-0.05, 0) is 0 Å². The molecule has 0 saturated heterocycles. The van der Waals surface area contributed by atoms with Crippen molar-refractivity contribution in [3.8, 4) is 6.07 Å². The summed E-state index contributed by atoms with van der Waals surface area (Å²) in [6.45, 7) is 1.19. The molecule has 1 aromatic heterocycles. The van der Waals surface area contributed by atoms with Crippen molar-refractivity contribution in [3.05, 3.63) is 18.1 Å². The van der Waals surface area contributed by atoms with Gasteiger partial charge >= 0.3 is 0 Å². The zero-order chi connectivity index (χ0) is 14.1. The Bertz CT molecular complexity index is 440.